The molecule has 0 fully saturated rings. The van der Waals surface area contributed by atoms with E-state index in [9.17, 15) is 14.4 Å². The second-order valence-corrected chi connectivity index (χ2v) is 10.5. The van der Waals surface area contributed by atoms with Crippen LogP contribution in [0.5, 0.6) is 0 Å². The first-order valence-corrected chi connectivity index (χ1v) is 13.0. The molecule has 0 bridgehead atoms. The molecule has 0 unspecified atom stereocenters. The minimum absolute atomic E-state index is 0.203. The molecule has 7 heteroatoms. The normalized spacial score (nSPS) is 12.9. The van der Waals surface area contributed by atoms with Crippen LogP contribution in [-0.2, 0) is 31.9 Å². The van der Waals surface area contributed by atoms with E-state index in [0.29, 0.717) is 0 Å². The maximum atomic E-state index is 13.7. The van der Waals surface area contributed by atoms with Crippen LogP contribution in [0.1, 0.15) is 31.9 Å². The van der Waals surface area contributed by atoms with Gasteiger partial charge in [0.1, 0.15) is 17.7 Å². The Labute approximate surface area is 228 Å². The average Bonchev–Trinajstić information content (AvgIpc) is 2.91. The van der Waals surface area contributed by atoms with Crippen LogP contribution in [0, 0.1) is 0 Å². The summed E-state index contributed by atoms with van der Waals surface area (Å²) in [5.41, 5.74) is 1.04. The molecule has 0 spiro atoms. The molecule has 4 aromatic rings. The Morgan fingerprint density at radius 1 is 0.692 bits per heavy atom. The minimum atomic E-state index is -0.995. The highest BCUT2D eigenvalue weighted by Gasteiger charge is 2.30. The molecule has 2 amide bonds. The van der Waals surface area contributed by atoms with E-state index in [-0.39, 0.29) is 12.8 Å². The zero-order valence-corrected chi connectivity index (χ0v) is 22.7. The molecule has 0 radical (unpaired) electrons. The molecule has 2 N–H and O–H groups in total. The van der Waals surface area contributed by atoms with E-state index in [1.807, 2.05) is 84.9 Å². The van der Waals surface area contributed by atoms with Gasteiger partial charge >= 0.3 is 12.1 Å². The summed E-state index contributed by atoms with van der Waals surface area (Å²) in [5.74, 6) is -1.08. The van der Waals surface area contributed by atoms with Crippen molar-refractivity contribution in [3.8, 4) is 0 Å². The summed E-state index contributed by atoms with van der Waals surface area (Å²) in [7, 11) is 1.29. The van der Waals surface area contributed by atoms with Gasteiger partial charge in [0.2, 0.25) is 5.91 Å². The summed E-state index contributed by atoms with van der Waals surface area (Å²) in [6.07, 6.45) is -0.284. The highest BCUT2D eigenvalue weighted by atomic mass is 16.6. The zero-order valence-electron chi connectivity index (χ0n) is 22.7. The van der Waals surface area contributed by atoms with E-state index in [2.05, 4.69) is 10.6 Å². The van der Waals surface area contributed by atoms with Crippen molar-refractivity contribution < 1.29 is 23.9 Å². The third kappa shape index (κ3) is 7.13. The predicted molar refractivity (Wildman–Crippen MR) is 152 cm³/mol. The first-order chi connectivity index (χ1) is 18.6. The second-order valence-electron chi connectivity index (χ2n) is 10.5. The number of nitrogens with one attached hydrogen (secondary N) is 2. The first-order valence-electron chi connectivity index (χ1n) is 13.0. The number of fused-ring (bicyclic) bond motifs is 2. The molecular weight excluding hydrogens is 492 g/mol. The fourth-order valence-electron chi connectivity index (χ4n) is 4.65. The van der Waals surface area contributed by atoms with Crippen LogP contribution in [0.2, 0.25) is 0 Å². The van der Waals surface area contributed by atoms with Crippen LogP contribution in [0.3, 0.4) is 0 Å². The molecular formula is C32H34N2O5. The number of hydrogen-bond acceptors (Lipinski definition) is 5. The van der Waals surface area contributed by atoms with Crippen molar-refractivity contribution in [2.24, 2.45) is 0 Å². The van der Waals surface area contributed by atoms with Crippen LogP contribution >= 0.6 is 0 Å². The van der Waals surface area contributed by atoms with Gasteiger partial charge in [-0.05, 0) is 53.4 Å². The number of amides is 2. The smallest absolute Gasteiger partial charge is 0.408 e. The van der Waals surface area contributed by atoms with Crippen LogP contribution in [-0.4, -0.2) is 42.8 Å². The van der Waals surface area contributed by atoms with E-state index < -0.39 is 35.7 Å². The maximum Gasteiger partial charge on any atom is 0.408 e. The molecule has 0 aliphatic rings. The zero-order chi connectivity index (χ0) is 28.0. The summed E-state index contributed by atoms with van der Waals surface area (Å²) in [5, 5.41) is 9.57. The van der Waals surface area contributed by atoms with Gasteiger partial charge in [-0.25, -0.2) is 9.59 Å². The Morgan fingerprint density at radius 2 is 1.18 bits per heavy atom. The molecule has 0 aliphatic heterocycles. The van der Waals surface area contributed by atoms with Crippen molar-refractivity contribution in [1.82, 2.24) is 10.6 Å². The lowest BCUT2D eigenvalue weighted by atomic mass is 9.97. The molecule has 0 saturated heterocycles. The fourth-order valence-corrected chi connectivity index (χ4v) is 4.65. The number of hydrogen-bond donors (Lipinski definition) is 2. The summed E-state index contributed by atoms with van der Waals surface area (Å²) in [4.78, 5) is 39.2. The summed E-state index contributed by atoms with van der Waals surface area (Å²) in [6, 6.07) is 25.4. The van der Waals surface area contributed by atoms with Gasteiger partial charge in [-0.2, -0.15) is 0 Å². The Balaban J connectivity index is 1.62. The molecule has 202 valence electrons. The molecule has 0 aromatic heterocycles. The molecule has 4 aromatic carbocycles. The standard InChI is InChI=1S/C32H34N2O5/c1-32(2,3)39-31(37)34-27(19-23-15-9-13-21-11-5-7-17-25(21)23)29(35)33-28(30(36)38-4)20-24-16-10-14-22-12-6-8-18-26(22)24/h5-18,27-28H,19-20H2,1-4H3,(H,33,35)(H,34,37)/t27-,28+/m1/s1. The number of methoxy groups -OCH3 is 1. The van der Waals surface area contributed by atoms with E-state index >= 15 is 0 Å². The maximum absolute atomic E-state index is 13.7. The summed E-state index contributed by atoms with van der Waals surface area (Å²) in [6.45, 7) is 5.26. The average molecular weight is 527 g/mol. The van der Waals surface area contributed by atoms with Crippen molar-refractivity contribution in [2.45, 2.75) is 51.3 Å². The summed E-state index contributed by atoms with van der Waals surface area (Å²) >= 11 is 0. The van der Waals surface area contributed by atoms with Crippen molar-refractivity contribution in [3.05, 3.63) is 96.1 Å². The molecule has 4 rings (SSSR count). The van der Waals surface area contributed by atoms with E-state index in [1.54, 1.807) is 20.8 Å². The Kier molecular flexibility index (Phi) is 8.49. The lowest BCUT2D eigenvalue weighted by molar-refractivity contribution is -0.145. The molecule has 0 aliphatic carbocycles. The van der Waals surface area contributed by atoms with E-state index in [4.69, 9.17) is 9.47 Å². The van der Waals surface area contributed by atoms with Gasteiger partial charge in [-0.3, -0.25) is 4.79 Å². The van der Waals surface area contributed by atoms with Crippen molar-refractivity contribution in [1.29, 1.82) is 0 Å². The Hall–Kier alpha value is -4.39. The number of alkyl carbamates (subject to hydrolysis) is 1. The second kappa shape index (κ2) is 12.0. The fraction of sp³-hybridized carbons (Fsp3) is 0.281. The van der Waals surface area contributed by atoms with Gasteiger partial charge in [0.25, 0.3) is 0 Å². The highest BCUT2D eigenvalue weighted by Crippen LogP contribution is 2.22. The van der Waals surface area contributed by atoms with Crippen LogP contribution in [0.25, 0.3) is 21.5 Å². The number of ether oxygens (including phenoxy) is 2. The van der Waals surface area contributed by atoms with Gasteiger partial charge in [-0.1, -0.05) is 84.9 Å². The highest BCUT2D eigenvalue weighted by molar-refractivity contribution is 5.92. The lowest BCUT2D eigenvalue weighted by Crippen LogP contribution is -2.54. The predicted octanol–water partition coefficient (Wildman–Crippen LogP) is 5.33. The number of rotatable bonds is 8. The van der Waals surface area contributed by atoms with Gasteiger partial charge < -0.3 is 20.1 Å². The molecule has 39 heavy (non-hydrogen) atoms. The van der Waals surface area contributed by atoms with Gasteiger partial charge in [0.15, 0.2) is 0 Å². The topological polar surface area (TPSA) is 93.7 Å². The van der Waals surface area contributed by atoms with Crippen LogP contribution < -0.4 is 10.6 Å². The molecule has 0 heterocycles. The largest absolute Gasteiger partial charge is 0.467 e. The van der Waals surface area contributed by atoms with Crippen molar-refractivity contribution in [2.75, 3.05) is 7.11 Å². The first kappa shape index (κ1) is 27.6. The Bertz CT molecular complexity index is 1480. The molecule has 2 atom stereocenters. The van der Waals surface area contributed by atoms with Gasteiger partial charge in [0.05, 0.1) is 7.11 Å². The van der Waals surface area contributed by atoms with Crippen molar-refractivity contribution in [3.63, 3.8) is 0 Å². The Morgan fingerprint density at radius 3 is 1.69 bits per heavy atom. The van der Waals surface area contributed by atoms with Gasteiger partial charge in [0, 0.05) is 12.8 Å². The molecule has 7 nitrogen and oxygen atoms in total. The SMILES string of the molecule is COC(=O)[C@H](Cc1cccc2ccccc12)NC(=O)[C@@H](Cc1cccc2ccccc12)NC(=O)OC(C)(C)C. The quantitative estimate of drug-likeness (QED) is 0.303. The molecule has 0 saturated carbocycles. The number of carbonyl (C=O) groups excluding carboxylic acids is 3. The van der Waals surface area contributed by atoms with Crippen LogP contribution in [0.15, 0.2) is 84.9 Å². The van der Waals surface area contributed by atoms with Gasteiger partial charge in [-0.15, -0.1) is 0 Å². The van der Waals surface area contributed by atoms with E-state index in [1.165, 1.54) is 7.11 Å². The monoisotopic (exact) mass is 526 g/mol. The van der Waals surface area contributed by atoms with Crippen LogP contribution in [0.4, 0.5) is 4.79 Å². The summed E-state index contributed by atoms with van der Waals surface area (Å²) < 4.78 is 10.5. The third-order valence-electron chi connectivity index (χ3n) is 6.42. The van der Waals surface area contributed by atoms with E-state index in [0.717, 1.165) is 32.7 Å². The number of benzene rings is 4. The third-order valence-corrected chi connectivity index (χ3v) is 6.42. The van der Waals surface area contributed by atoms with Crippen molar-refractivity contribution >= 4 is 39.5 Å². The lowest BCUT2D eigenvalue weighted by Gasteiger charge is -2.25. The number of carbonyl (C=O) groups is 3. The minimum Gasteiger partial charge on any atom is -0.467 e. The number of esters is 1.